The van der Waals surface area contributed by atoms with E-state index in [4.69, 9.17) is 14.2 Å². The molecule has 2 aliphatic carbocycles. The molecule has 0 spiro atoms. The van der Waals surface area contributed by atoms with Crippen molar-refractivity contribution < 1.29 is 23.8 Å². The molecule has 22 heavy (non-hydrogen) atoms. The molecule has 2 aliphatic rings. The fourth-order valence-corrected chi connectivity index (χ4v) is 2.83. The van der Waals surface area contributed by atoms with Gasteiger partial charge in [-0.2, -0.15) is 0 Å². The molecule has 5 heteroatoms. The first-order chi connectivity index (χ1) is 10.3. The largest absolute Gasteiger partial charge is 0.453 e. The Morgan fingerprint density at radius 1 is 1.09 bits per heavy atom. The first-order valence-electron chi connectivity index (χ1n) is 8.30. The Morgan fingerprint density at radius 3 is 2.32 bits per heavy atom. The van der Waals surface area contributed by atoms with E-state index in [1.165, 1.54) is 19.3 Å². The summed E-state index contributed by atoms with van der Waals surface area (Å²) in [7, 11) is 0. The Balaban J connectivity index is 1.62. The van der Waals surface area contributed by atoms with Gasteiger partial charge in [-0.1, -0.05) is 26.2 Å². The van der Waals surface area contributed by atoms with Gasteiger partial charge in [0, 0.05) is 0 Å². The van der Waals surface area contributed by atoms with Gasteiger partial charge in [-0.3, -0.25) is 4.79 Å². The minimum absolute atomic E-state index is 0.00190. The van der Waals surface area contributed by atoms with Gasteiger partial charge in [-0.05, 0) is 44.9 Å². The third-order valence-electron chi connectivity index (χ3n) is 5.42. The summed E-state index contributed by atoms with van der Waals surface area (Å²) in [6.45, 7) is 5.43. The topological polar surface area (TPSA) is 61.8 Å². The molecule has 0 N–H and O–H groups in total. The van der Waals surface area contributed by atoms with Gasteiger partial charge < -0.3 is 14.2 Å². The van der Waals surface area contributed by atoms with E-state index in [1.54, 1.807) is 0 Å². The molecule has 2 fully saturated rings. The van der Waals surface area contributed by atoms with Crippen LogP contribution in [0, 0.1) is 10.8 Å². The van der Waals surface area contributed by atoms with Crippen LogP contribution in [0.15, 0.2) is 0 Å². The summed E-state index contributed by atoms with van der Waals surface area (Å²) in [6.07, 6.45) is 7.89. The number of hydrogen-bond donors (Lipinski definition) is 0. The van der Waals surface area contributed by atoms with Crippen LogP contribution in [-0.2, 0) is 23.8 Å². The van der Waals surface area contributed by atoms with E-state index in [0.717, 1.165) is 25.7 Å². The lowest BCUT2D eigenvalue weighted by atomic mass is 9.77. The zero-order valence-corrected chi connectivity index (χ0v) is 14.0. The summed E-state index contributed by atoms with van der Waals surface area (Å²) in [5.41, 5.74) is -0.566. The monoisotopic (exact) mass is 312 g/mol. The average molecular weight is 312 g/mol. The van der Waals surface area contributed by atoms with Crippen molar-refractivity contribution in [1.82, 2.24) is 0 Å². The SMILES string of the molecule is CC1(C(C)(C)C(=O)OCC(=O)OCOC2CCCCC2)CC1. The summed E-state index contributed by atoms with van der Waals surface area (Å²) in [6, 6.07) is 0. The quantitative estimate of drug-likeness (QED) is 0.533. The molecule has 2 rings (SSSR count). The molecule has 2 saturated carbocycles. The summed E-state index contributed by atoms with van der Waals surface area (Å²) in [5.74, 6) is -0.890. The molecule has 0 heterocycles. The Kier molecular flexibility index (Phi) is 5.48. The molecule has 0 unspecified atom stereocenters. The summed E-state index contributed by atoms with van der Waals surface area (Å²) in [4.78, 5) is 23.7. The van der Waals surface area contributed by atoms with Crippen molar-refractivity contribution in [2.24, 2.45) is 10.8 Å². The van der Waals surface area contributed by atoms with Crippen molar-refractivity contribution in [2.45, 2.75) is 71.8 Å². The predicted molar refractivity (Wildman–Crippen MR) is 81.0 cm³/mol. The Hall–Kier alpha value is -1.10. The lowest BCUT2D eigenvalue weighted by Gasteiger charge is -2.29. The highest BCUT2D eigenvalue weighted by Crippen LogP contribution is 2.58. The van der Waals surface area contributed by atoms with Crippen LogP contribution in [0.25, 0.3) is 0 Å². The van der Waals surface area contributed by atoms with Gasteiger partial charge in [0.05, 0.1) is 11.5 Å². The van der Waals surface area contributed by atoms with Crippen molar-refractivity contribution in [3.8, 4) is 0 Å². The van der Waals surface area contributed by atoms with E-state index in [9.17, 15) is 9.59 Å². The average Bonchev–Trinajstić information content (AvgIpc) is 3.25. The van der Waals surface area contributed by atoms with Crippen LogP contribution in [0.3, 0.4) is 0 Å². The molecular formula is C17H28O5. The van der Waals surface area contributed by atoms with Crippen LogP contribution in [0.4, 0.5) is 0 Å². The molecule has 0 bridgehead atoms. The molecule has 0 saturated heterocycles. The summed E-state index contributed by atoms with van der Waals surface area (Å²) < 4.78 is 15.6. The van der Waals surface area contributed by atoms with E-state index in [-0.39, 0.29) is 30.9 Å². The second-order valence-corrected chi connectivity index (χ2v) is 7.32. The van der Waals surface area contributed by atoms with Gasteiger partial charge in [0.1, 0.15) is 0 Å². The van der Waals surface area contributed by atoms with E-state index < -0.39 is 11.4 Å². The van der Waals surface area contributed by atoms with E-state index in [1.807, 2.05) is 13.8 Å². The second-order valence-electron chi connectivity index (χ2n) is 7.32. The maximum atomic E-state index is 12.1. The first kappa shape index (κ1) is 17.3. The highest BCUT2D eigenvalue weighted by Gasteiger charge is 2.55. The zero-order chi connectivity index (χ0) is 16.2. The van der Waals surface area contributed by atoms with Gasteiger partial charge in [0.25, 0.3) is 0 Å². The van der Waals surface area contributed by atoms with Gasteiger partial charge in [0.2, 0.25) is 0 Å². The minimum atomic E-state index is -0.564. The van der Waals surface area contributed by atoms with Crippen molar-refractivity contribution in [3.63, 3.8) is 0 Å². The lowest BCUT2D eigenvalue weighted by molar-refractivity contribution is -0.176. The van der Waals surface area contributed by atoms with Crippen LogP contribution < -0.4 is 0 Å². The highest BCUT2D eigenvalue weighted by atomic mass is 16.7. The maximum Gasteiger partial charge on any atom is 0.346 e. The van der Waals surface area contributed by atoms with Gasteiger partial charge in [0.15, 0.2) is 13.4 Å². The number of carbonyl (C=O) groups excluding carboxylic acids is 2. The highest BCUT2D eigenvalue weighted by molar-refractivity contribution is 5.80. The fourth-order valence-electron chi connectivity index (χ4n) is 2.83. The van der Waals surface area contributed by atoms with E-state index in [0.29, 0.717) is 0 Å². The molecule has 126 valence electrons. The zero-order valence-electron chi connectivity index (χ0n) is 14.0. The van der Waals surface area contributed by atoms with E-state index >= 15 is 0 Å². The lowest BCUT2D eigenvalue weighted by Crippen LogP contribution is -2.35. The number of carbonyl (C=O) groups is 2. The van der Waals surface area contributed by atoms with Crippen LogP contribution in [0.5, 0.6) is 0 Å². The summed E-state index contributed by atoms with van der Waals surface area (Å²) >= 11 is 0. The Morgan fingerprint density at radius 2 is 1.73 bits per heavy atom. The molecule has 0 aromatic heterocycles. The molecule has 0 amide bonds. The number of rotatable bonds is 7. The molecule has 0 aliphatic heterocycles. The molecule has 0 aromatic carbocycles. The van der Waals surface area contributed by atoms with Crippen LogP contribution in [0.1, 0.15) is 65.7 Å². The maximum absolute atomic E-state index is 12.1. The minimum Gasteiger partial charge on any atom is -0.453 e. The molecule has 0 radical (unpaired) electrons. The normalized spacial score (nSPS) is 21.2. The van der Waals surface area contributed by atoms with Gasteiger partial charge in [-0.25, -0.2) is 4.79 Å². The third-order valence-corrected chi connectivity index (χ3v) is 5.42. The van der Waals surface area contributed by atoms with Crippen LogP contribution >= 0.6 is 0 Å². The Bertz CT molecular complexity index is 405. The van der Waals surface area contributed by atoms with Crippen molar-refractivity contribution in [2.75, 3.05) is 13.4 Å². The van der Waals surface area contributed by atoms with Gasteiger partial charge in [-0.15, -0.1) is 0 Å². The van der Waals surface area contributed by atoms with Crippen LogP contribution in [-0.4, -0.2) is 31.4 Å². The van der Waals surface area contributed by atoms with Crippen molar-refractivity contribution in [1.29, 1.82) is 0 Å². The van der Waals surface area contributed by atoms with E-state index in [2.05, 4.69) is 6.92 Å². The van der Waals surface area contributed by atoms with Gasteiger partial charge >= 0.3 is 11.9 Å². The van der Waals surface area contributed by atoms with Crippen molar-refractivity contribution in [3.05, 3.63) is 0 Å². The number of esters is 2. The molecule has 0 atom stereocenters. The number of hydrogen-bond acceptors (Lipinski definition) is 5. The molecule has 0 aromatic rings. The second kappa shape index (κ2) is 6.99. The van der Waals surface area contributed by atoms with Crippen molar-refractivity contribution >= 4 is 11.9 Å². The molecule has 5 nitrogen and oxygen atoms in total. The standard InChI is InChI=1S/C17H28O5/c1-16(2,17(3)9-10-17)15(19)20-11-14(18)22-12-21-13-7-5-4-6-8-13/h13H,4-12H2,1-3H3. The third kappa shape index (κ3) is 4.22. The number of ether oxygens (including phenoxy) is 3. The predicted octanol–water partition coefficient (Wildman–Crippen LogP) is 3.21. The summed E-state index contributed by atoms with van der Waals surface area (Å²) in [5, 5.41) is 0. The van der Waals surface area contributed by atoms with Crippen LogP contribution in [0.2, 0.25) is 0 Å². The Labute approximate surface area is 132 Å². The first-order valence-corrected chi connectivity index (χ1v) is 8.30. The fraction of sp³-hybridized carbons (Fsp3) is 0.882. The smallest absolute Gasteiger partial charge is 0.346 e. The molecular weight excluding hydrogens is 284 g/mol.